The van der Waals surface area contributed by atoms with Gasteiger partial charge in [0, 0.05) is 19.9 Å². The highest BCUT2D eigenvalue weighted by Gasteiger charge is 2.30. The molecule has 0 unspecified atom stereocenters. The molecule has 1 aliphatic rings. The number of hydrogen-bond donors (Lipinski definition) is 1. The first kappa shape index (κ1) is 15.2. The summed E-state index contributed by atoms with van der Waals surface area (Å²) in [5.41, 5.74) is 0.652. The molecule has 0 amide bonds. The number of hydrogen-bond acceptors (Lipinski definition) is 7. The Morgan fingerprint density at radius 1 is 1.52 bits per heavy atom. The SMILES string of the molecule is CCOC(=O)C1=C(O)c2cnc(C)nc2N(CCOC)C1. The number of carbonyl (C=O) groups excluding carboxylic acids is 1. The zero-order valence-corrected chi connectivity index (χ0v) is 12.4. The van der Waals surface area contributed by atoms with E-state index in [-0.39, 0.29) is 24.5 Å². The highest BCUT2D eigenvalue weighted by molar-refractivity contribution is 5.99. The van der Waals surface area contributed by atoms with E-state index in [4.69, 9.17) is 9.47 Å². The number of ether oxygens (including phenoxy) is 2. The van der Waals surface area contributed by atoms with Gasteiger partial charge in [-0.1, -0.05) is 0 Å². The molecule has 114 valence electrons. The third-order valence-corrected chi connectivity index (χ3v) is 3.17. The van der Waals surface area contributed by atoms with Crippen molar-refractivity contribution in [3.05, 3.63) is 23.2 Å². The van der Waals surface area contributed by atoms with Crippen LogP contribution >= 0.6 is 0 Å². The maximum atomic E-state index is 12.0. The van der Waals surface area contributed by atoms with Crippen LogP contribution in [0.15, 0.2) is 11.8 Å². The number of methoxy groups -OCH3 is 1. The Hall–Kier alpha value is -2.15. The van der Waals surface area contributed by atoms with E-state index >= 15 is 0 Å². The predicted molar refractivity (Wildman–Crippen MR) is 77.0 cm³/mol. The molecule has 0 fully saturated rings. The summed E-state index contributed by atoms with van der Waals surface area (Å²) >= 11 is 0. The summed E-state index contributed by atoms with van der Waals surface area (Å²) in [5.74, 6) is 0.564. The first-order chi connectivity index (χ1) is 10.1. The molecule has 1 aromatic heterocycles. The first-order valence-electron chi connectivity index (χ1n) is 6.75. The summed E-state index contributed by atoms with van der Waals surface area (Å²) in [5, 5.41) is 10.3. The zero-order chi connectivity index (χ0) is 15.4. The average molecular weight is 293 g/mol. The number of aromatic nitrogens is 2. The third kappa shape index (κ3) is 3.13. The number of aryl methyl sites for hydroxylation is 1. The van der Waals surface area contributed by atoms with Gasteiger partial charge in [0.1, 0.15) is 17.4 Å². The molecule has 1 N–H and O–H groups in total. The highest BCUT2D eigenvalue weighted by atomic mass is 16.5. The Morgan fingerprint density at radius 2 is 2.29 bits per heavy atom. The number of carbonyl (C=O) groups is 1. The van der Waals surface area contributed by atoms with E-state index in [1.165, 1.54) is 6.20 Å². The lowest BCUT2D eigenvalue weighted by Gasteiger charge is -2.30. The van der Waals surface area contributed by atoms with Crippen LogP contribution < -0.4 is 4.90 Å². The standard InChI is InChI=1S/C14H19N3O4/c1-4-21-14(19)11-8-17(5-6-20-3)13-10(12(11)18)7-15-9(2)16-13/h7,18H,4-6,8H2,1-3H3. The monoisotopic (exact) mass is 293 g/mol. The number of rotatable bonds is 5. The van der Waals surface area contributed by atoms with Crippen molar-refractivity contribution < 1.29 is 19.4 Å². The Kier molecular flexibility index (Phi) is 4.74. The van der Waals surface area contributed by atoms with Crippen LogP contribution in [0.5, 0.6) is 0 Å². The minimum absolute atomic E-state index is 0.114. The third-order valence-electron chi connectivity index (χ3n) is 3.17. The van der Waals surface area contributed by atoms with Gasteiger partial charge in [0.2, 0.25) is 0 Å². The summed E-state index contributed by atoms with van der Waals surface area (Å²) in [6.45, 7) is 5.02. The van der Waals surface area contributed by atoms with Crippen LogP contribution in [-0.4, -0.2) is 54.5 Å². The van der Waals surface area contributed by atoms with Gasteiger partial charge in [-0.25, -0.2) is 14.8 Å². The lowest BCUT2D eigenvalue weighted by molar-refractivity contribution is -0.138. The van der Waals surface area contributed by atoms with Crippen LogP contribution in [0.25, 0.3) is 5.76 Å². The molecule has 0 bridgehead atoms. The molecule has 7 heteroatoms. The van der Waals surface area contributed by atoms with Crippen molar-refractivity contribution in [3.8, 4) is 0 Å². The molecule has 0 aliphatic carbocycles. The van der Waals surface area contributed by atoms with Gasteiger partial charge < -0.3 is 19.5 Å². The summed E-state index contributed by atoms with van der Waals surface area (Å²) < 4.78 is 10.1. The lowest BCUT2D eigenvalue weighted by Crippen LogP contribution is -2.36. The van der Waals surface area contributed by atoms with E-state index in [2.05, 4.69) is 9.97 Å². The molecule has 1 aliphatic heterocycles. The molecular weight excluding hydrogens is 274 g/mol. The van der Waals surface area contributed by atoms with Gasteiger partial charge in [-0.15, -0.1) is 0 Å². The van der Waals surface area contributed by atoms with Crippen LogP contribution in [-0.2, 0) is 14.3 Å². The number of esters is 1. The van der Waals surface area contributed by atoms with Crippen molar-refractivity contribution in [3.63, 3.8) is 0 Å². The molecule has 0 spiro atoms. The Morgan fingerprint density at radius 3 is 2.95 bits per heavy atom. The smallest absolute Gasteiger partial charge is 0.339 e. The van der Waals surface area contributed by atoms with Crippen molar-refractivity contribution >= 4 is 17.5 Å². The molecular formula is C14H19N3O4. The quantitative estimate of drug-likeness (QED) is 0.813. The Labute approximate surface area is 123 Å². The fraction of sp³-hybridized carbons (Fsp3) is 0.500. The summed E-state index contributed by atoms with van der Waals surface area (Å²) in [4.78, 5) is 22.3. The normalized spacial score (nSPS) is 14.1. The van der Waals surface area contributed by atoms with E-state index in [0.717, 1.165) is 0 Å². The van der Waals surface area contributed by atoms with Gasteiger partial charge in [0.25, 0.3) is 0 Å². The molecule has 7 nitrogen and oxygen atoms in total. The molecule has 1 aromatic rings. The number of nitrogens with zero attached hydrogens (tertiary/aromatic N) is 3. The lowest BCUT2D eigenvalue weighted by atomic mass is 10.0. The Bertz CT molecular complexity index is 571. The molecule has 0 atom stereocenters. The Balaban J connectivity index is 2.42. The van der Waals surface area contributed by atoms with Crippen molar-refractivity contribution in [1.82, 2.24) is 9.97 Å². The summed E-state index contributed by atoms with van der Waals surface area (Å²) in [7, 11) is 1.61. The van der Waals surface area contributed by atoms with Gasteiger partial charge in [0.05, 0.1) is 30.9 Å². The van der Waals surface area contributed by atoms with E-state index in [1.54, 1.807) is 21.0 Å². The van der Waals surface area contributed by atoms with Gasteiger partial charge in [-0.3, -0.25) is 0 Å². The second kappa shape index (κ2) is 6.53. The molecule has 0 saturated heterocycles. The number of aliphatic hydroxyl groups excluding tert-OH is 1. The van der Waals surface area contributed by atoms with E-state index in [9.17, 15) is 9.90 Å². The number of anilines is 1. The topological polar surface area (TPSA) is 84.8 Å². The molecule has 0 radical (unpaired) electrons. The number of aliphatic hydroxyl groups is 1. The van der Waals surface area contributed by atoms with Crippen molar-refractivity contribution in [2.75, 3.05) is 38.3 Å². The highest BCUT2D eigenvalue weighted by Crippen LogP contribution is 2.31. The van der Waals surface area contributed by atoms with Gasteiger partial charge in [-0.2, -0.15) is 0 Å². The van der Waals surface area contributed by atoms with Gasteiger partial charge >= 0.3 is 5.97 Å². The minimum Gasteiger partial charge on any atom is -0.506 e. The van der Waals surface area contributed by atoms with Gasteiger partial charge in [-0.05, 0) is 13.8 Å². The second-order valence-electron chi connectivity index (χ2n) is 4.62. The summed E-state index contributed by atoms with van der Waals surface area (Å²) in [6.07, 6.45) is 1.52. The van der Waals surface area contributed by atoms with Crippen LogP contribution in [0.3, 0.4) is 0 Å². The predicted octanol–water partition coefficient (Wildman–Crippen LogP) is 1.08. The molecule has 2 heterocycles. The molecule has 0 aromatic carbocycles. The minimum atomic E-state index is -0.524. The molecule has 2 rings (SSSR count). The maximum Gasteiger partial charge on any atom is 0.339 e. The first-order valence-corrected chi connectivity index (χ1v) is 6.75. The second-order valence-corrected chi connectivity index (χ2v) is 4.62. The van der Waals surface area contributed by atoms with E-state index < -0.39 is 5.97 Å². The fourth-order valence-corrected chi connectivity index (χ4v) is 2.14. The van der Waals surface area contributed by atoms with E-state index in [1.807, 2.05) is 4.90 Å². The van der Waals surface area contributed by atoms with Crippen LogP contribution in [0.4, 0.5) is 5.82 Å². The fourth-order valence-electron chi connectivity index (χ4n) is 2.14. The number of fused-ring (bicyclic) bond motifs is 1. The van der Waals surface area contributed by atoms with Crippen LogP contribution in [0.2, 0.25) is 0 Å². The van der Waals surface area contributed by atoms with Crippen molar-refractivity contribution in [1.29, 1.82) is 0 Å². The maximum absolute atomic E-state index is 12.0. The average Bonchev–Trinajstić information content (AvgIpc) is 2.46. The zero-order valence-electron chi connectivity index (χ0n) is 12.4. The van der Waals surface area contributed by atoms with Crippen molar-refractivity contribution in [2.45, 2.75) is 13.8 Å². The van der Waals surface area contributed by atoms with Crippen LogP contribution in [0.1, 0.15) is 18.3 Å². The molecule has 21 heavy (non-hydrogen) atoms. The van der Waals surface area contributed by atoms with Crippen LogP contribution in [0, 0.1) is 6.92 Å². The van der Waals surface area contributed by atoms with E-state index in [0.29, 0.717) is 30.4 Å². The summed E-state index contributed by atoms with van der Waals surface area (Å²) in [6, 6.07) is 0. The van der Waals surface area contributed by atoms with Crippen molar-refractivity contribution in [2.24, 2.45) is 0 Å². The molecule has 0 saturated carbocycles. The largest absolute Gasteiger partial charge is 0.506 e. The van der Waals surface area contributed by atoms with Gasteiger partial charge in [0.15, 0.2) is 0 Å².